The first kappa shape index (κ1) is 30.3. The van der Waals surface area contributed by atoms with E-state index in [1.165, 1.54) is 0 Å². The van der Waals surface area contributed by atoms with Gasteiger partial charge in [-0.05, 0) is 70.8 Å². The number of nitrogens with zero attached hydrogens (tertiary/aromatic N) is 3. The molecule has 4 unspecified atom stereocenters. The molecule has 2 aliphatic rings. The molecule has 2 rings (SSSR count). The molecule has 2 fully saturated rings. The van der Waals surface area contributed by atoms with Crippen molar-refractivity contribution in [3.8, 4) is 0 Å². The lowest BCUT2D eigenvalue weighted by molar-refractivity contribution is -0.140. The summed E-state index contributed by atoms with van der Waals surface area (Å²) in [6.45, 7) is 18.9. The Hall–Kier alpha value is -1.89. The minimum Gasteiger partial charge on any atom is -0.343 e. The van der Waals surface area contributed by atoms with Crippen LogP contribution < -0.4 is 5.32 Å². The monoisotopic (exact) mass is 504 g/mol. The molecular weight excluding hydrogens is 452 g/mol. The third-order valence-electron chi connectivity index (χ3n) is 7.92. The Morgan fingerprint density at radius 3 is 2.17 bits per heavy atom. The van der Waals surface area contributed by atoms with Gasteiger partial charge < -0.3 is 15.1 Å². The van der Waals surface area contributed by atoms with E-state index in [-0.39, 0.29) is 47.7 Å². The predicted molar refractivity (Wildman–Crippen MR) is 146 cm³/mol. The van der Waals surface area contributed by atoms with Crippen LogP contribution in [-0.2, 0) is 14.4 Å². The molecule has 4 atom stereocenters. The average molecular weight is 505 g/mol. The molecule has 0 radical (unpaired) electrons. The first-order chi connectivity index (χ1) is 16.8. The highest BCUT2D eigenvalue weighted by Gasteiger charge is 2.36. The summed E-state index contributed by atoms with van der Waals surface area (Å²) >= 11 is 0. The van der Waals surface area contributed by atoms with Crippen molar-refractivity contribution < 1.29 is 14.4 Å². The van der Waals surface area contributed by atoms with Crippen LogP contribution in [0.15, 0.2) is 11.6 Å². The van der Waals surface area contributed by atoms with Gasteiger partial charge in [-0.1, -0.05) is 47.1 Å². The fourth-order valence-electron chi connectivity index (χ4n) is 5.69. The van der Waals surface area contributed by atoms with E-state index in [0.717, 1.165) is 51.7 Å². The van der Waals surface area contributed by atoms with Crippen LogP contribution in [0.5, 0.6) is 0 Å². The fraction of sp³-hybridized carbons (Fsp3) is 0.828. The first-order valence-corrected chi connectivity index (χ1v) is 14.2. The molecule has 2 heterocycles. The Morgan fingerprint density at radius 1 is 0.944 bits per heavy atom. The molecule has 0 bridgehead atoms. The molecule has 7 nitrogen and oxygen atoms in total. The minimum atomic E-state index is -0.605. The molecule has 0 aliphatic carbocycles. The highest BCUT2D eigenvalue weighted by Crippen LogP contribution is 2.22. The zero-order valence-electron chi connectivity index (χ0n) is 24.3. The van der Waals surface area contributed by atoms with Crippen molar-refractivity contribution in [2.45, 2.75) is 112 Å². The van der Waals surface area contributed by atoms with Gasteiger partial charge in [-0.3, -0.25) is 19.3 Å². The SMILES string of the molecule is C/C(=C\C(C(C)C)N(C)C(=O)C(NC(=O)C1CCCCN1C(C)C)C(C)C)C(=O)N1CCCC(C)C1. The van der Waals surface area contributed by atoms with E-state index in [9.17, 15) is 14.4 Å². The van der Waals surface area contributed by atoms with Crippen LogP contribution in [0.25, 0.3) is 0 Å². The Bertz CT molecular complexity index is 791. The van der Waals surface area contributed by atoms with Gasteiger partial charge in [-0.15, -0.1) is 0 Å². The summed E-state index contributed by atoms with van der Waals surface area (Å²) < 4.78 is 0. The number of likely N-dealkylation sites (N-methyl/N-ethyl adjacent to an activating group) is 1. The highest BCUT2D eigenvalue weighted by atomic mass is 16.2. The number of nitrogens with one attached hydrogen (secondary N) is 1. The van der Waals surface area contributed by atoms with Crippen molar-refractivity contribution in [3.63, 3.8) is 0 Å². The summed E-state index contributed by atoms with van der Waals surface area (Å²) in [5, 5.41) is 3.11. The van der Waals surface area contributed by atoms with Gasteiger partial charge in [0.2, 0.25) is 17.7 Å². The quantitative estimate of drug-likeness (QED) is 0.480. The molecule has 206 valence electrons. The summed E-state index contributed by atoms with van der Waals surface area (Å²) in [6, 6.07) is -0.739. The standard InChI is InChI=1S/C29H52N4O3/c1-19(2)25(17-23(8)28(35)32-15-12-13-22(7)18-32)31(9)29(36)26(20(3)4)30-27(34)24-14-10-11-16-33(24)21(5)6/h17,19-22,24-26H,10-16,18H2,1-9H3,(H,30,34)/b23-17+. The second kappa shape index (κ2) is 13.6. The molecular formula is C29H52N4O3. The molecule has 1 N–H and O–H groups in total. The van der Waals surface area contributed by atoms with Gasteiger partial charge >= 0.3 is 0 Å². The fourth-order valence-corrected chi connectivity index (χ4v) is 5.69. The first-order valence-electron chi connectivity index (χ1n) is 14.2. The smallest absolute Gasteiger partial charge is 0.249 e. The Balaban J connectivity index is 2.18. The van der Waals surface area contributed by atoms with Gasteiger partial charge in [-0.2, -0.15) is 0 Å². The zero-order chi connectivity index (χ0) is 27.2. The minimum absolute atomic E-state index is 0.0469. The Morgan fingerprint density at radius 2 is 1.61 bits per heavy atom. The lowest BCUT2D eigenvalue weighted by atomic mass is 9.95. The van der Waals surface area contributed by atoms with Crippen LogP contribution in [-0.4, -0.2) is 83.3 Å². The molecule has 2 saturated heterocycles. The highest BCUT2D eigenvalue weighted by molar-refractivity contribution is 5.93. The molecule has 0 saturated carbocycles. The van der Waals surface area contributed by atoms with E-state index in [1.807, 2.05) is 31.7 Å². The summed E-state index contributed by atoms with van der Waals surface area (Å²) in [6.07, 6.45) is 7.12. The van der Waals surface area contributed by atoms with Crippen LogP contribution in [0, 0.1) is 17.8 Å². The van der Waals surface area contributed by atoms with Gasteiger partial charge in [0.15, 0.2) is 0 Å². The topological polar surface area (TPSA) is 73.0 Å². The number of carbonyl (C=O) groups is 3. The lowest BCUT2D eigenvalue weighted by Gasteiger charge is -2.39. The predicted octanol–water partition coefficient (Wildman–Crippen LogP) is 4.08. The maximum absolute atomic E-state index is 13.7. The maximum atomic E-state index is 13.7. The van der Waals surface area contributed by atoms with Gasteiger partial charge in [0.1, 0.15) is 6.04 Å². The molecule has 0 aromatic rings. The number of carbonyl (C=O) groups excluding carboxylic acids is 3. The number of amides is 3. The van der Waals surface area contributed by atoms with Crippen LogP contribution >= 0.6 is 0 Å². The van der Waals surface area contributed by atoms with E-state index in [4.69, 9.17) is 0 Å². The Kier molecular flexibility index (Phi) is 11.5. The summed E-state index contributed by atoms with van der Waals surface area (Å²) in [5.41, 5.74) is 0.683. The number of hydrogen-bond acceptors (Lipinski definition) is 4. The van der Waals surface area contributed by atoms with Gasteiger partial charge in [0.25, 0.3) is 0 Å². The zero-order valence-corrected chi connectivity index (χ0v) is 24.3. The molecule has 36 heavy (non-hydrogen) atoms. The summed E-state index contributed by atoms with van der Waals surface area (Å²) in [7, 11) is 1.80. The number of hydrogen-bond donors (Lipinski definition) is 1. The van der Waals surface area contributed by atoms with Crippen molar-refractivity contribution in [2.75, 3.05) is 26.7 Å². The normalized spacial score (nSPS) is 23.7. The molecule has 0 spiro atoms. The van der Waals surface area contributed by atoms with Gasteiger partial charge in [0.05, 0.1) is 12.1 Å². The average Bonchev–Trinajstić information content (AvgIpc) is 2.83. The second-order valence-electron chi connectivity index (χ2n) is 12.1. The van der Waals surface area contributed by atoms with E-state index in [2.05, 4.69) is 44.8 Å². The number of likely N-dealkylation sites (tertiary alicyclic amines) is 2. The van der Waals surface area contributed by atoms with Crippen LogP contribution in [0.1, 0.15) is 87.5 Å². The Labute approximate surface area is 220 Å². The van der Waals surface area contributed by atoms with Crippen LogP contribution in [0.4, 0.5) is 0 Å². The van der Waals surface area contributed by atoms with Crippen molar-refractivity contribution >= 4 is 17.7 Å². The van der Waals surface area contributed by atoms with E-state index < -0.39 is 6.04 Å². The van der Waals surface area contributed by atoms with Crippen molar-refractivity contribution in [1.29, 1.82) is 0 Å². The molecule has 0 aromatic carbocycles. The molecule has 3 amide bonds. The van der Waals surface area contributed by atoms with E-state index >= 15 is 0 Å². The van der Waals surface area contributed by atoms with E-state index in [0.29, 0.717) is 11.5 Å². The maximum Gasteiger partial charge on any atom is 0.249 e. The largest absolute Gasteiger partial charge is 0.343 e. The van der Waals surface area contributed by atoms with Gasteiger partial charge in [-0.25, -0.2) is 0 Å². The van der Waals surface area contributed by atoms with Crippen molar-refractivity contribution in [2.24, 2.45) is 17.8 Å². The summed E-state index contributed by atoms with van der Waals surface area (Å²) in [5.74, 6) is 0.507. The molecule has 0 aromatic heterocycles. The van der Waals surface area contributed by atoms with Crippen LogP contribution in [0.2, 0.25) is 0 Å². The molecule has 7 heteroatoms. The second-order valence-corrected chi connectivity index (χ2v) is 12.1. The lowest BCUT2D eigenvalue weighted by Crippen LogP contribution is -2.58. The summed E-state index contributed by atoms with van der Waals surface area (Å²) in [4.78, 5) is 46.1. The van der Waals surface area contributed by atoms with Crippen LogP contribution in [0.3, 0.4) is 0 Å². The number of rotatable bonds is 9. The van der Waals surface area contributed by atoms with Gasteiger partial charge in [0, 0.05) is 31.8 Å². The molecule has 2 aliphatic heterocycles. The number of piperidine rings is 2. The third-order valence-corrected chi connectivity index (χ3v) is 7.92. The van der Waals surface area contributed by atoms with E-state index in [1.54, 1.807) is 11.9 Å². The third kappa shape index (κ3) is 7.80. The van der Waals surface area contributed by atoms with Crippen molar-refractivity contribution in [1.82, 2.24) is 20.0 Å². The van der Waals surface area contributed by atoms with Crippen molar-refractivity contribution in [3.05, 3.63) is 11.6 Å².